The normalized spacial score (nSPS) is 26.4. The molecule has 0 saturated carbocycles. The number of hydrogen-bond acceptors (Lipinski definition) is 6. The van der Waals surface area contributed by atoms with Gasteiger partial charge in [0.25, 0.3) is 0 Å². The molecule has 2 atom stereocenters. The Morgan fingerprint density at radius 2 is 1.61 bits per heavy atom. The Hall–Kier alpha value is -1.40. The number of rotatable bonds is 7. The molecule has 3 aliphatic heterocycles. The van der Waals surface area contributed by atoms with Gasteiger partial charge in [-0.05, 0) is 39.7 Å². The minimum atomic E-state index is 0.582. The molecule has 0 spiro atoms. The summed E-state index contributed by atoms with van der Waals surface area (Å²) in [5.41, 5.74) is 1.19. The van der Waals surface area contributed by atoms with Crippen molar-refractivity contribution < 1.29 is 0 Å². The highest BCUT2D eigenvalue weighted by atomic mass is 15.4. The number of anilines is 2. The highest BCUT2D eigenvalue weighted by Gasteiger charge is 2.41. The Morgan fingerprint density at radius 3 is 2.18 bits per heavy atom. The van der Waals surface area contributed by atoms with Gasteiger partial charge in [-0.1, -0.05) is 19.8 Å². The van der Waals surface area contributed by atoms with Crippen LogP contribution in [0.1, 0.15) is 52.9 Å². The van der Waals surface area contributed by atoms with E-state index >= 15 is 0 Å². The Balaban J connectivity index is 1.33. The standard InChI is InChI=1S/C22H38N6/c1-4-5-6-9-25-10-12-26(13-11-25)21-14-23-22(24-15-21)28-19-7-8-20(28)17-27(16-19)18(2)3/h14-15,18-20H,4-13,16-17H2,1-3H3. The summed E-state index contributed by atoms with van der Waals surface area (Å²) in [7, 11) is 0. The van der Waals surface area contributed by atoms with Gasteiger partial charge in [0.2, 0.25) is 5.95 Å². The molecule has 0 aromatic carbocycles. The number of unbranched alkanes of at least 4 members (excludes halogenated alkanes) is 2. The number of piperazine rings is 2. The van der Waals surface area contributed by atoms with Crippen LogP contribution in [0.3, 0.4) is 0 Å². The monoisotopic (exact) mass is 386 g/mol. The van der Waals surface area contributed by atoms with E-state index in [1.165, 1.54) is 44.3 Å². The largest absolute Gasteiger partial charge is 0.366 e. The minimum absolute atomic E-state index is 0.582. The van der Waals surface area contributed by atoms with Crippen LogP contribution in [-0.4, -0.2) is 83.7 Å². The van der Waals surface area contributed by atoms with Gasteiger partial charge in [0.15, 0.2) is 0 Å². The van der Waals surface area contributed by atoms with Crippen LogP contribution < -0.4 is 9.80 Å². The van der Waals surface area contributed by atoms with Gasteiger partial charge < -0.3 is 9.80 Å². The molecule has 0 aliphatic carbocycles. The zero-order valence-corrected chi connectivity index (χ0v) is 18.1. The highest BCUT2D eigenvalue weighted by Crippen LogP contribution is 2.34. The second kappa shape index (κ2) is 8.95. The lowest BCUT2D eigenvalue weighted by Gasteiger charge is -2.43. The fraction of sp³-hybridized carbons (Fsp3) is 0.818. The summed E-state index contributed by atoms with van der Waals surface area (Å²) >= 11 is 0. The van der Waals surface area contributed by atoms with Crippen LogP contribution >= 0.6 is 0 Å². The van der Waals surface area contributed by atoms with Crippen molar-refractivity contribution in [2.24, 2.45) is 0 Å². The van der Waals surface area contributed by atoms with E-state index in [1.54, 1.807) is 0 Å². The van der Waals surface area contributed by atoms with Crippen LogP contribution in [0.5, 0.6) is 0 Å². The molecule has 156 valence electrons. The van der Waals surface area contributed by atoms with Gasteiger partial charge in [-0.25, -0.2) is 9.97 Å². The van der Waals surface area contributed by atoms with Crippen molar-refractivity contribution in [1.82, 2.24) is 19.8 Å². The summed E-state index contributed by atoms with van der Waals surface area (Å²) in [6, 6.07) is 1.80. The van der Waals surface area contributed by atoms with E-state index in [0.717, 1.165) is 45.2 Å². The second-order valence-electron chi connectivity index (χ2n) is 9.12. The first-order valence-electron chi connectivity index (χ1n) is 11.5. The quantitative estimate of drug-likeness (QED) is 0.671. The third-order valence-corrected chi connectivity index (χ3v) is 6.91. The third-order valence-electron chi connectivity index (χ3n) is 6.91. The molecule has 3 saturated heterocycles. The number of aromatic nitrogens is 2. The van der Waals surface area contributed by atoms with Crippen molar-refractivity contribution in [3.05, 3.63) is 12.4 Å². The fourth-order valence-corrected chi connectivity index (χ4v) is 5.11. The second-order valence-corrected chi connectivity index (χ2v) is 9.12. The summed E-state index contributed by atoms with van der Waals surface area (Å²) in [4.78, 5) is 19.8. The number of hydrogen-bond donors (Lipinski definition) is 0. The van der Waals surface area contributed by atoms with Crippen LogP contribution in [0.4, 0.5) is 11.6 Å². The molecular formula is C22H38N6. The van der Waals surface area contributed by atoms with E-state index in [4.69, 9.17) is 9.97 Å². The first-order chi connectivity index (χ1) is 13.7. The third kappa shape index (κ3) is 4.28. The van der Waals surface area contributed by atoms with E-state index in [9.17, 15) is 0 Å². The van der Waals surface area contributed by atoms with Crippen molar-refractivity contribution in [3.8, 4) is 0 Å². The van der Waals surface area contributed by atoms with E-state index in [1.807, 2.05) is 0 Å². The number of fused-ring (bicyclic) bond motifs is 2. The maximum absolute atomic E-state index is 4.81. The molecular weight excluding hydrogens is 348 g/mol. The Bertz CT molecular complexity index is 596. The first kappa shape index (κ1) is 19.9. The Kier molecular flexibility index (Phi) is 6.36. The van der Waals surface area contributed by atoms with Crippen molar-refractivity contribution in [2.75, 3.05) is 55.6 Å². The zero-order chi connectivity index (χ0) is 19.5. The molecule has 6 nitrogen and oxygen atoms in total. The summed E-state index contributed by atoms with van der Waals surface area (Å²) in [5, 5.41) is 0. The maximum atomic E-state index is 4.81. The molecule has 2 unspecified atom stereocenters. The molecule has 2 bridgehead atoms. The van der Waals surface area contributed by atoms with Crippen LogP contribution in [0.2, 0.25) is 0 Å². The van der Waals surface area contributed by atoms with Crippen LogP contribution in [-0.2, 0) is 0 Å². The summed E-state index contributed by atoms with van der Waals surface area (Å²) in [6.45, 7) is 15.0. The molecule has 0 radical (unpaired) electrons. The van der Waals surface area contributed by atoms with Gasteiger partial charge in [-0.2, -0.15) is 0 Å². The fourth-order valence-electron chi connectivity index (χ4n) is 5.11. The van der Waals surface area contributed by atoms with Crippen LogP contribution in [0, 0.1) is 0 Å². The summed E-state index contributed by atoms with van der Waals surface area (Å²) < 4.78 is 0. The Morgan fingerprint density at radius 1 is 0.964 bits per heavy atom. The average molecular weight is 387 g/mol. The molecule has 1 aromatic rings. The minimum Gasteiger partial charge on any atom is -0.366 e. The molecule has 3 aliphatic rings. The molecule has 4 heterocycles. The van der Waals surface area contributed by atoms with Crippen molar-refractivity contribution >= 4 is 11.6 Å². The van der Waals surface area contributed by atoms with Crippen LogP contribution in [0.15, 0.2) is 12.4 Å². The molecule has 0 N–H and O–H groups in total. The van der Waals surface area contributed by atoms with E-state index in [-0.39, 0.29) is 0 Å². The maximum Gasteiger partial charge on any atom is 0.225 e. The molecule has 6 heteroatoms. The molecule has 1 aromatic heterocycles. The molecule has 3 fully saturated rings. The number of nitrogens with zero attached hydrogens (tertiary/aromatic N) is 6. The zero-order valence-electron chi connectivity index (χ0n) is 18.1. The van der Waals surface area contributed by atoms with Gasteiger partial charge in [-0.3, -0.25) is 9.80 Å². The molecule has 0 amide bonds. The lowest BCUT2D eigenvalue weighted by Crippen LogP contribution is -2.56. The lowest BCUT2D eigenvalue weighted by atomic mass is 10.1. The first-order valence-corrected chi connectivity index (χ1v) is 11.5. The van der Waals surface area contributed by atoms with Gasteiger partial charge in [-0.15, -0.1) is 0 Å². The van der Waals surface area contributed by atoms with E-state index in [2.05, 4.69) is 52.8 Å². The van der Waals surface area contributed by atoms with E-state index < -0.39 is 0 Å². The highest BCUT2D eigenvalue weighted by molar-refractivity contribution is 5.47. The lowest BCUT2D eigenvalue weighted by molar-refractivity contribution is 0.176. The Labute approximate surface area is 170 Å². The van der Waals surface area contributed by atoms with Crippen molar-refractivity contribution in [2.45, 2.75) is 71.0 Å². The topological polar surface area (TPSA) is 38.7 Å². The smallest absolute Gasteiger partial charge is 0.225 e. The van der Waals surface area contributed by atoms with Crippen molar-refractivity contribution in [3.63, 3.8) is 0 Å². The van der Waals surface area contributed by atoms with Gasteiger partial charge in [0.1, 0.15) is 0 Å². The average Bonchev–Trinajstić information content (AvgIpc) is 2.98. The van der Waals surface area contributed by atoms with Gasteiger partial charge in [0, 0.05) is 57.4 Å². The van der Waals surface area contributed by atoms with Crippen molar-refractivity contribution in [1.29, 1.82) is 0 Å². The number of likely N-dealkylation sites (tertiary alicyclic amines) is 1. The van der Waals surface area contributed by atoms with E-state index in [0.29, 0.717) is 18.1 Å². The van der Waals surface area contributed by atoms with Gasteiger partial charge in [0.05, 0.1) is 18.1 Å². The van der Waals surface area contributed by atoms with Crippen LogP contribution in [0.25, 0.3) is 0 Å². The predicted octanol–water partition coefficient (Wildman–Crippen LogP) is 2.85. The predicted molar refractivity (Wildman–Crippen MR) is 116 cm³/mol. The summed E-state index contributed by atoms with van der Waals surface area (Å²) in [6.07, 6.45) is 10.7. The molecule has 28 heavy (non-hydrogen) atoms. The SMILES string of the molecule is CCCCCN1CCN(c2cnc(N3C4CCC3CN(C(C)C)C4)nc2)CC1. The van der Waals surface area contributed by atoms with Gasteiger partial charge >= 0.3 is 0 Å². The summed E-state index contributed by atoms with van der Waals surface area (Å²) in [5.74, 6) is 0.942. The molecule has 4 rings (SSSR count).